The van der Waals surface area contributed by atoms with E-state index in [2.05, 4.69) is 20.0 Å². The number of aliphatic hydroxyl groups is 1. The van der Waals surface area contributed by atoms with Crippen LogP contribution >= 0.6 is 0 Å². The molecule has 6 rings (SSSR count). The Balaban J connectivity index is 1.66. The number of carbonyl (C=O) groups is 2. The first-order valence-electron chi connectivity index (χ1n) is 11.5. The van der Waals surface area contributed by atoms with Crippen LogP contribution in [0.4, 0.5) is 13.2 Å². The minimum absolute atomic E-state index is 0.0444. The Morgan fingerprint density at radius 2 is 1.97 bits per heavy atom. The van der Waals surface area contributed by atoms with Crippen LogP contribution in [-0.4, -0.2) is 44.0 Å². The monoisotopic (exact) mass is 508 g/mol. The van der Waals surface area contributed by atoms with E-state index < -0.39 is 48.1 Å². The highest BCUT2D eigenvalue weighted by molar-refractivity contribution is 6.00. The summed E-state index contributed by atoms with van der Waals surface area (Å²) in [6, 6.07) is 11.4. The number of rotatable bonds is 5. The average Bonchev–Trinajstić information content (AvgIpc) is 3.37. The molecule has 0 aliphatic carbocycles. The van der Waals surface area contributed by atoms with Gasteiger partial charge in [0.25, 0.3) is 5.91 Å². The number of hydrogen-bond acceptors (Lipinski definition) is 6. The van der Waals surface area contributed by atoms with E-state index in [0.717, 1.165) is 11.6 Å². The molecule has 0 radical (unpaired) electrons. The number of benzene rings is 2. The molecule has 188 valence electrons. The maximum atomic E-state index is 16.0. The van der Waals surface area contributed by atoms with Crippen molar-refractivity contribution in [2.75, 3.05) is 0 Å². The zero-order valence-corrected chi connectivity index (χ0v) is 19.3. The SMILES string of the molecule is CC(O)C(=O)c1cccc(-c2c(F)c(OC(F)F)cc3c2[C@H]2C[C@@H](NC3=O)c3nc4ccccc4n32)n1. The summed E-state index contributed by atoms with van der Waals surface area (Å²) in [5.74, 6) is -2.67. The maximum Gasteiger partial charge on any atom is 0.387 e. The molecule has 0 saturated heterocycles. The van der Waals surface area contributed by atoms with Gasteiger partial charge in [0, 0.05) is 16.7 Å². The van der Waals surface area contributed by atoms with E-state index in [9.17, 15) is 23.5 Å². The first-order chi connectivity index (χ1) is 17.7. The lowest BCUT2D eigenvalue weighted by Gasteiger charge is -2.23. The molecule has 2 aliphatic rings. The van der Waals surface area contributed by atoms with Crippen molar-refractivity contribution < 1.29 is 32.6 Å². The van der Waals surface area contributed by atoms with Gasteiger partial charge < -0.3 is 19.7 Å². The Bertz CT molecular complexity index is 1600. The fraction of sp³-hybridized carbons (Fsp3) is 0.231. The van der Waals surface area contributed by atoms with Crippen molar-refractivity contribution in [1.29, 1.82) is 0 Å². The third-order valence-electron chi connectivity index (χ3n) is 6.71. The van der Waals surface area contributed by atoms with Crippen molar-refractivity contribution in [3.63, 3.8) is 0 Å². The molecule has 0 saturated carbocycles. The largest absolute Gasteiger partial charge is 0.432 e. The van der Waals surface area contributed by atoms with Crippen LogP contribution in [0, 0.1) is 5.82 Å². The first-order valence-corrected chi connectivity index (χ1v) is 11.5. The van der Waals surface area contributed by atoms with E-state index in [1.165, 1.54) is 25.1 Å². The highest BCUT2D eigenvalue weighted by Gasteiger charge is 2.43. The number of fused-ring (bicyclic) bond motifs is 9. The van der Waals surface area contributed by atoms with E-state index in [1.807, 2.05) is 28.8 Å². The predicted octanol–water partition coefficient (Wildman–Crippen LogP) is 4.18. The molecular weight excluding hydrogens is 489 g/mol. The lowest BCUT2D eigenvalue weighted by Crippen LogP contribution is -2.28. The lowest BCUT2D eigenvalue weighted by molar-refractivity contribution is -0.0521. The number of pyridine rings is 1. The Labute approximate surface area is 207 Å². The van der Waals surface area contributed by atoms with Gasteiger partial charge in [0.1, 0.15) is 17.6 Å². The van der Waals surface area contributed by atoms with Crippen molar-refractivity contribution in [2.45, 2.75) is 38.1 Å². The second-order valence-corrected chi connectivity index (χ2v) is 8.96. The van der Waals surface area contributed by atoms with Crippen LogP contribution in [0.25, 0.3) is 22.3 Å². The molecule has 2 N–H and O–H groups in total. The number of carbonyl (C=O) groups excluding carboxylic acids is 2. The van der Waals surface area contributed by atoms with E-state index in [-0.39, 0.29) is 28.1 Å². The smallest absolute Gasteiger partial charge is 0.387 e. The van der Waals surface area contributed by atoms with Crippen molar-refractivity contribution in [3.05, 3.63) is 77.0 Å². The zero-order chi connectivity index (χ0) is 26.0. The summed E-state index contributed by atoms with van der Waals surface area (Å²) < 4.78 is 48.7. The molecule has 0 spiro atoms. The number of imidazole rings is 1. The van der Waals surface area contributed by atoms with Crippen LogP contribution in [0.15, 0.2) is 48.5 Å². The quantitative estimate of drug-likeness (QED) is 0.392. The Morgan fingerprint density at radius 1 is 1.19 bits per heavy atom. The van der Waals surface area contributed by atoms with E-state index in [1.54, 1.807) is 0 Å². The third-order valence-corrected chi connectivity index (χ3v) is 6.71. The van der Waals surface area contributed by atoms with Crippen LogP contribution in [0.2, 0.25) is 0 Å². The molecule has 4 aromatic rings. The Hall–Kier alpha value is -4.25. The van der Waals surface area contributed by atoms with Gasteiger partial charge >= 0.3 is 6.61 Å². The van der Waals surface area contributed by atoms with Crippen LogP contribution in [0.1, 0.15) is 57.7 Å². The third kappa shape index (κ3) is 3.57. The molecule has 3 atom stereocenters. The Kier molecular flexibility index (Phi) is 5.27. The molecule has 0 fully saturated rings. The number of para-hydroxylation sites is 2. The van der Waals surface area contributed by atoms with Crippen LogP contribution in [0.5, 0.6) is 5.75 Å². The second kappa shape index (κ2) is 8.41. The zero-order valence-electron chi connectivity index (χ0n) is 19.3. The number of aromatic nitrogens is 3. The van der Waals surface area contributed by atoms with Gasteiger partial charge in [0.2, 0.25) is 5.78 Å². The fourth-order valence-corrected chi connectivity index (χ4v) is 5.22. The topological polar surface area (TPSA) is 106 Å². The second-order valence-electron chi connectivity index (χ2n) is 8.96. The summed E-state index contributed by atoms with van der Waals surface area (Å²) in [6.07, 6.45) is -1.01. The van der Waals surface area contributed by atoms with Gasteiger partial charge in [-0.2, -0.15) is 8.78 Å². The number of nitrogens with one attached hydrogen (secondary N) is 1. The van der Waals surface area contributed by atoms with E-state index >= 15 is 4.39 Å². The van der Waals surface area contributed by atoms with Crippen molar-refractivity contribution in [2.24, 2.45) is 0 Å². The maximum absolute atomic E-state index is 16.0. The normalized spacial score (nSPS) is 18.8. The Morgan fingerprint density at radius 3 is 2.73 bits per heavy atom. The van der Waals surface area contributed by atoms with E-state index in [4.69, 9.17) is 0 Å². The number of nitrogens with zero attached hydrogens (tertiary/aromatic N) is 3. The number of aliphatic hydroxyl groups excluding tert-OH is 1. The molecule has 8 nitrogen and oxygen atoms in total. The summed E-state index contributed by atoms with van der Waals surface area (Å²) in [4.78, 5) is 34.6. The minimum atomic E-state index is -3.34. The van der Waals surface area contributed by atoms with Crippen LogP contribution < -0.4 is 10.1 Å². The van der Waals surface area contributed by atoms with Crippen LogP contribution in [0.3, 0.4) is 0 Å². The average molecular weight is 508 g/mol. The number of Topliss-reactive ketones (excluding diaryl/α,β-unsaturated/α-hetero) is 1. The molecule has 1 unspecified atom stereocenters. The van der Waals surface area contributed by atoms with Gasteiger partial charge in [-0.05, 0) is 43.7 Å². The molecule has 1 amide bonds. The van der Waals surface area contributed by atoms with E-state index in [0.29, 0.717) is 17.8 Å². The molecule has 11 heteroatoms. The summed E-state index contributed by atoms with van der Waals surface area (Å²) in [5.41, 5.74) is 1.18. The number of amides is 1. The highest BCUT2D eigenvalue weighted by Crippen LogP contribution is 2.49. The standard InChI is InChI=1S/C26H19F3N4O4/c1-11(34)23(35)15-7-4-6-14(30-15)21-20-12(9-19(22(21)27)37-26(28)29)25(36)32-16-10-18(20)33-17-8-3-2-5-13(17)31-24(16)33/h2-9,11,16,18,26,34H,10H2,1H3,(H,32,36)/t11?,16-,18-/m1/s1. The molecule has 2 bridgehead atoms. The molecule has 2 aromatic heterocycles. The van der Waals surface area contributed by atoms with Gasteiger partial charge in [0.15, 0.2) is 11.6 Å². The highest BCUT2D eigenvalue weighted by atomic mass is 19.3. The molecule has 2 aliphatic heterocycles. The van der Waals surface area contributed by atoms with Gasteiger partial charge in [0.05, 0.1) is 28.8 Å². The minimum Gasteiger partial charge on any atom is -0.432 e. The van der Waals surface area contributed by atoms with Crippen molar-refractivity contribution >= 4 is 22.7 Å². The number of ketones is 1. The fourth-order valence-electron chi connectivity index (χ4n) is 5.22. The first kappa shape index (κ1) is 23.2. The summed E-state index contributed by atoms with van der Waals surface area (Å²) in [5, 5.41) is 12.6. The summed E-state index contributed by atoms with van der Waals surface area (Å²) in [7, 11) is 0. The molecule has 37 heavy (non-hydrogen) atoms. The molecular formula is C26H19F3N4O4. The van der Waals surface area contributed by atoms with Gasteiger partial charge in [-0.25, -0.2) is 14.4 Å². The molecule has 4 heterocycles. The molecule has 2 aromatic carbocycles. The number of hydrogen-bond donors (Lipinski definition) is 2. The number of alkyl halides is 2. The summed E-state index contributed by atoms with van der Waals surface area (Å²) >= 11 is 0. The lowest BCUT2D eigenvalue weighted by atomic mass is 9.90. The van der Waals surface area contributed by atoms with Gasteiger partial charge in [-0.3, -0.25) is 9.59 Å². The van der Waals surface area contributed by atoms with Gasteiger partial charge in [-0.1, -0.05) is 18.2 Å². The number of halogens is 3. The summed E-state index contributed by atoms with van der Waals surface area (Å²) in [6.45, 7) is -2.07. The van der Waals surface area contributed by atoms with Gasteiger partial charge in [-0.15, -0.1) is 0 Å². The van der Waals surface area contributed by atoms with Crippen molar-refractivity contribution in [1.82, 2.24) is 19.9 Å². The van der Waals surface area contributed by atoms with Crippen LogP contribution in [-0.2, 0) is 0 Å². The predicted molar refractivity (Wildman–Crippen MR) is 125 cm³/mol. The van der Waals surface area contributed by atoms with Crippen molar-refractivity contribution in [3.8, 4) is 17.0 Å². The number of ether oxygens (including phenoxy) is 1.